The fourth-order valence-electron chi connectivity index (χ4n) is 4.67. The zero-order valence-electron chi connectivity index (χ0n) is 18.4. The summed E-state index contributed by atoms with van der Waals surface area (Å²) in [5, 5.41) is 13.4. The molecule has 4 heterocycles. The van der Waals surface area contributed by atoms with Gasteiger partial charge in [0.2, 0.25) is 0 Å². The average molecular weight is 528 g/mol. The number of aromatic nitrogens is 6. The number of fused-ring (bicyclic) bond motifs is 1. The molecule has 176 valence electrons. The highest BCUT2D eigenvalue weighted by Crippen LogP contribution is 2.41. The molecule has 1 saturated carbocycles. The van der Waals surface area contributed by atoms with Crippen LogP contribution in [0, 0.1) is 5.92 Å². The molecule has 11 heteroatoms. The number of aryl methyl sites for hydroxylation is 1. The standard InChI is InChI=1S/C23H23BrFN7O2/c1-31-9-8-27-22(31)16-7-6-14(10-28-16)15-11-29-32-20(26)17(24)19(30-21(15)32)13-4-2-12(3-5-13)18(25)23(33)34/h6-13,18H,2-5,26H2,1H3,(H,33,34). The second kappa shape index (κ2) is 8.79. The molecule has 0 bridgehead atoms. The predicted molar refractivity (Wildman–Crippen MR) is 128 cm³/mol. The number of rotatable bonds is 5. The highest BCUT2D eigenvalue weighted by Gasteiger charge is 2.34. The Morgan fingerprint density at radius 3 is 2.62 bits per heavy atom. The SMILES string of the molecule is Cn1ccnc1-c1ccc(-c2cnn3c(N)c(Br)c(C4CCC(C(F)C(=O)O)CC4)nc23)cn1. The van der Waals surface area contributed by atoms with Crippen molar-refractivity contribution in [2.75, 3.05) is 5.73 Å². The number of nitrogen functional groups attached to an aromatic ring is 1. The molecule has 0 radical (unpaired) electrons. The Labute approximate surface area is 203 Å². The van der Waals surface area contributed by atoms with Crippen LogP contribution in [-0.4, -0.2) is 46.4 Å². The number of carboxylic acid groups (broad SMARTS) is 1. The van der Waals surface area contributed by atoms with Gasteiger partial charge in [-0.05, 0) is 47.7 Å². The lowest BCUT2D eigenvalue weighted by atomic mass is 9.78. The molecule has 3 N–H and O–H groups in total. The molecule has 0 amide bonds. The average Bonchev–Trinajstić information content (AvgIpc) is 3.47. The predicted octanol–water partition coefficient (Wildman–Crippen LogP) is 4.23. The van der Waals surface area contributed by atoms with Crippen LogP contribution >= 0.6 is 15.9 Å². The van der Waals surface area contributed by atoms with Gasteiger partial charge in [-0.15, -0.1) is 0 Å². The zero-order valence-corrected chi connectivity index (χ0v) is 20.0. The third kappa shape index (κ3) is 3.83. The van der Waals surface area contributed by atoms with Crippen molar-refractivity contribution in [3.8, 4) is 22.6 Å². The van der Waals surface area contributed by atoms with Crippen LogP contribution < -0.4 is 5.73 Å². The lowest BCUT2D eigenvalue weighted by Gasteiger charge is -2.29. The molecule has 34 heavy (non-hydrogen) atoms. The molecule has 5 rings (SSSR count). The third-order valence-electron chi connectivity index (χ3n) is 6.58. The number of hydrogen-bond acceptors (Lipinski definition) is 6. The van der Waals surface area contributed by atoms with Crippen LogP contribution in [0.1, 0.15) is 37.3 Å². The first-order valence-corrected chi connectivity index (χ1v) is 11.8. The number of anilines is 1. The van der Waals surface area contributed by atoms with Crippen LogP contribution in [0.5, 0.6) is 0 Å². The van der Waals surface area contributed by atoms with Gasteiger partial charge in [0.15, 0.2) is 17.6 Å². The van der Waals surface area contributed by atoms with E-state index in [9.17, 15) is 9.18 Å². The smallest absolute Gasteiger partial charge is 0.338 e. The molecule has 0 aromatic carbocycles. The van der Waals surface area contributed by atoms with Gasteiger partial charge in [-0.3, -0.25) is 4.98 Å². The van der Waals surface area contributed by atoms with Crippen LogP contribution in [-0.2, 0) is 11.8 Å². The summed E-state index contributed by atoms with van der Waals surface area (Å²) in [6, 6.07) is 3.85. The van der Waals surface area contributed by atoms with E-state index >= 15 is 0 Å². The molecular weight excluding hydrogens is 505 g/mol. The molecule has 9 nitrogen and oxygen atoms in total. The van der Waals surface area contributed by atoms with Crippen molar-refractivity contribution in [1.29, 1.82) is 0 Å². The number of pyridine rings is 1. The van der Waals surface area contributed by atoms with Crippen molar-refractivity contribution in [1.82, 2.24) is 29.1 Å². The van der Waals surface area contributed by atoms with E-state index in [0.717, 1.165) is 28.3 Å². The first kappa shape index (κ1) is 22.5. The van der Waals surface area contributed by atoms with Crippen molar-refractivity contribution in [2.45, 2.75) is 37.8 Å². The van der Waals surface area contributed by atoms with Gasteiger partial charge in [0, 0.05) is 48.6 Å². The van der Waals surface area contributed by atoms with Crippen LogP contribution in [0.2, 0.25) is 0 Å². The van der Waals surface area contributed by atoms with Gasteiger partial charge in [-0.25, -0.2) is 19.2 Å². The summed E-state index contributed by atoms with van der Waals surface area (Å²) in [6.45, 7) is 0. The number of halogens is 2. The third-order valence-corrected chi connectivity index (χ3v) is 7.39. The molecule has 1 aliphatic carbocycles. The molecule has 1 aliphatic rings. The zero-order chi connectivity index (χ0) is 24.0. The van der Waals surface area contributed by atoms with Gasteiger partial charge in [0.25, 0.3) is 0 Å². The van der Waals surface area contributed by atoms with Crippen molar-refractivity contribution in [3.63, 3.8) is 0 Å². The minimum absolute atomic E-state index is 0.0468. The van der Waals surface area contributed by atoms with Gasteiger partial charge < -0.3 is 15.4 Å². The van der Waals surface area contributed by atoms with E-state index in [0.29, 0.717) is 41.6 Å². The molecule has 0 saturated heterocycles. The Bertz CT molecular complexity index is 1360. The van der Waals surface area contributed by atoms with E-state index in [4.69, 9.17) is 15.8 Å². The highest BCUT2D eigenvalue weighted by atomic mass is 79.9. The Morgan fingerprint density at radius 1 is 1.24 bits per heavy atom. The van der Waals surface area contributed by atoms with E-state index in [2.05, 4.69) is 31.0 Å². The molecule has 0 spiro atoms. The second-order valence-electron chi connectivity index (χ2n) is 8.64. The maximum absolute atomic E-state index is 14.0. The normalized spacial score (nSPS) is 19.4. The number of nitrogens with zero attached hydrogens (tertiary/aromatic N) is 6. The summed E-state index contributed by atoms with van der Waals surface area (Å²) in [4.78, 5) is 24.8. The summed E-state index contributed by atoms with van der Waals surface area (Å²) in [6.07, 6.45) is 7.50. The van der Waals surface area contributed by atoms with Crippen molar-refractivity contribution < 1.29 is 14.3 Å². The highest BCUT2D eigenvalue weighted by molar-refractivity contribution is 9.10. The maximum Gasteiger partial charge on any atom is 0.338 e. The molecule has 1 unspecified atom stereocenters. The van der Waals surface area contributed by atoms with Crippen LogP contribution in [0.25, 0.3) is 28.3 Å². The summed E-state index contributed by atoms with van der Waals surface area (Å²) >= 11 is 3.57. The fraction of sp³-hybridized carbons (Fsp3) is 0.348. The van der Waals surface area contributed by atoms with E-state index in [-0.39, 0.29) is 5.92 Å². The number of hydrogen-bond donors (Lipinski definition) is 2. The quantitative estimate of drug-likeness (QED) is 0.397. The van der Waals surface area contributed by atoms with Crippen molar-refractivity contribution in [2.24, 2.45) is 13.0 Å². The lowest BCUT2D eigenvalue weighted by Crippen LogP contribution is -2.28. The van der Waals surface area contributed by atoms with E-state index in [1.54, 1.807) is 23.1 Å². The number of imidazole rings is 1. The molecule has 1 fully saturated rings. The van der Waals surface area contributed by atoms with Gasteiger partial charge in [0.05, 0.1) is 16.4 Å². The van der Waals surface area contributed by atoms with Gasteiger partial charge >= 0.3 is 5.97 Å². The molecule has 0 aliphatic heterocycles. The Morgan fingerprint density at radius 2 is 2.00 bits per heavy atom. The topological polar surface area (TPSA) is 124 Å². The summed E-state index contributed by atoms with van der Waals surface area (Å²) in [7, 11) is 1.91. The number of carboxylic acids is 1. The molecule has 1 atom stereocenters. The summed E-state index contributed by atoms with van der Waals surface area (Å²) in [5.41, 5.74) is 10.2. The number of nitrogens with two attached hydrogens (primary N) is 1. The Kier molecular flexibility index (Phi) is 5.80. The first-order valence-electron chi connectivity index (χ1n) is 11.0. The number of aliphatic carboxylic acids is 1. The largest absolute Gasteiger partial charge is 0.479 e. The fourth-order valence-corrected chi connectivity index (χ4v) is 5.25. The van der Waals surface area contributed by atoms with E-state index in [1.165, 1.54) is 0 Å². The number of alkyl halides is 1. The summed E-state index contributed by atoms with van der Waals surface area (Å²) in [5.74, 6) is -0.609. The van der Waals surface area contributed by atoms with Gasteiger partial charge in [-0.1, -0.05) is 6.07 Å². The molecular formula is C23H23BrFN7O2. The van der Waals surface area contributed by atoms with Crippen LogP contribution in [0.4, 0.5) is 10.2 Å². The van der Waals surface area contributed by atoms with Crippen molar-refractivity contribution in [3.05, 3.63) is 47.1 Å². The van der Waals surface area contributed by atoms with Gasteiger partial charge in [-0.2, -0.15) is 9.61 Å². The maximum atomic E-state index is 14.0. The lowest BCUT2D eigenvalue weighted by molar-refractivity contribution is -0.145. The van der Waals surface area contributed by atoms with Crippen LogP contribution in [0.3, 0.4) is 0 Å². The monoisotopic (exact) mass is 527 g/mol. The number of carbonyl (C=O) groups is 1. The second-order valence-corrected chi connectivity index (χ2v) is 9.43. The van der Waals surface area contributed by atoms with Crippen molar-refractivity contribution >= 4 is 33.4 Å². The van der Waals surface area contributed by atoms with E-state index in [1.807, 2.05) is 29.9 Å². The van der Waals surface area contributed by atoms with Crippen LogP contribution in [0.15, 0.2) is 41.4 Å². The minimum atomic E-state index is -1.83. The minimum Gasteiger partial charge on any atom is -0.479 e. The molecule has 4 aromatic rings. The van der Waals surface area contributed by atoms with E-state index < -0.39 is 18.1 Å². The summed E-state index contributed by atoms with van der Waals surface area (Å²) < 4.78 is 18.1. The molecule has 4 aromatic heterocycles. The Balaban J connectivity index is 1.47. The van der Waals surface area contributed by atoms with Gasteiger partial charge in [0.1, 0.15) is 11.5 Å². The Hall–Kier alpha value is -3.34. The first-order chi connectivity index (χ1) is 16.3.